The van der Waals surface area contributed by atoms with E-state index in [0.29, 0.717) is 12.0 Å². The van der Waals surface area contributed by atoms with Crippen LogP contribution in [0.25, 0.3) is 0 Å². The summed E-state index contributed by atoms with van der Waals surface area (Å²) in [6.45, 7) is 3.33. The first-order valence-electron chi connectivity index (χ1n) is 6.57. The Hall–Kier alpha value is -1.15. The molecule has 1 aromatic rings. The third-order valence-corrected chi connectivity index (χ3v) is 3.99. The van der Waals surface area contributed by atoms with Gasteiger partial charge in [-0.25, -0.2) is 0 Å². The van der Waals surface area contributed by atoms with Crippen LogP contribution in [0.3, 0.4) is 0 Å². The second-order valence-corrected chi connectivity index (χ2v) is 5.53. The molecule has 1 aromatic carbocycles. The maximum Gasteiger partial charge on any atom is 0.150 e. The molecule has 0 saturated heterocycles. The largest absolute Gasteiger partial charge is 0.313 e. The van der Waals surface area contributed by atoms with E-state index in [1.807, 2.05) is 6.07 Å². The van der Waals surface area contributed by atoms with Crippen LogP contribution in [0.2, 0.25) is 0 Å². The zero-order valence-electron chi connectivity index (χ0n) is 10.3. The van der Waals surface area contributed by atoms with E-state index in [0.717, 1.165) is 17.8 Å². The fourth-order valence-corrected chi connectivity index (χ4v) is 2.54. The van der Waals surface area contributed by atoms with Gasteiger partial charge in [-0.05, 0) is 55.8 Å². The Balaban J connectivity index is 1.65. The van der Waals surface area contributed by atoms with E-state index in [9.17, 15) is 4.79 Å². The van der Waals surface area contributed by atoms with Crippen LogP contribution in [0.15, 0.2) is 18.2 Å². The summed E-state index contributed by atoms with van der Waals surface area (Å²) in [5.41, 5.74) is 3.48. The lowest BCUT2D eigenvalue weighted by Gasteiger charge is -2.07. The molecule has 90 valence electrons. The molecule has 0 bridgehead atoms. The number of benzene rings is 1. The number of aryl methyl sites for hydroxylation is 1. The van der Waals surface area contributed by atoms with Crippen molar-refractivity contribution in [1.82, 2.24) is 5.32 Å². The van der Waals surface area contributed by atoms with Crippen molar-refractivity contribution in [2.45, 2.75) is 38.1 Å². The Morgan fingerprint density at radius 1 is 1.41 bits per heavy atom. The quantitative estimate of drug-likeness (QED) is 0.786. The molecule has 2 unspecified atom stereocenters. The standard InChI is InChI=1S/C15H19NO/c1-10-2-3-12(9-17)6-13(10)14-7-15(14)16-8-11-4-5-11/h2-3,6,9,11,14-16H,4-5,7-8H2,1H3. The van der Waals surface area contributed by atoms with Crippen molar-refractivity contribution in [3.05, 3.63) is 34.9 Å². The molecule has 17 heavy (non-hydrogen) atoms. The van der Waals surface area contributed by atoms with Gasteiger partial charge in [-0.15, -0.1) is 0 Å². The summed E-state index contributed by atoms with van der Waals surface area (Å²) >= 11 is 0. The predicted octanol–water partition coefficient (Wildman–Crippen LogP) is 2.66. The van der Waals surface area contributed by atoms with Gasteiger partial charge in [0.05, 0.1) is 0 Å². The minimum atomic E-state index is 0.633. The first-order chi connectivity index (χ1) is 8.28. The van der Waals surface area contributed by atoms with E-state index in [4.69, 9.17) is 0 Å². The predicted molar refractivity (Wildman–Crippen MR) is 68.4 cm³/mol. The topological polar surface area (TPSA) is 29.1 Å². The number of rotatable bonds is 5. The molecular weight excluding hydrogens is 210 g/mol. The van der Waals surface area contributed by atoms with E-state index in [1.165, 1.54) is 36.9 Å². The number of carbonyl (C=O) groups is 1. The van der Waals surface area contributed by atoms with Crippen LogP contribution in [0.1, 0.15) is 46.7 Å². The fraction of sp³-hybridized carbons (Fsp3) is 0.533. The molecule has 0 aliphatic heterocycles. The van der Waals surface area contributed by atoms with Crippen LogP contribution in [-0.2, 0) is 0 Å². The molecule has 0 heterocycles. The zero-order valence-corrected chi connectivity index (χ0v) is 10.3. The van der Waals surface area contributed by atoms with E-state index in [1.54, 1.807) is 0 Å². The smallest absolute Gasteiger partial charge is 0.150 e. The summed E-state index contributed by atoms with van der Waals surface area (Å²) in [5, 5.41) is 3.64. The molecule has 2 saturated carbocycles. The average molecular weight is 229 g/mol. The zero-order chi connectivity index (χ0) is 11.8. The van der Waals surface area contributed by atoms with E-state index < -0.39 is 0 Å². The van der Waals surface area contributed by atoms with Crippen molar-refractivity contribution >= 4 is 6.29 Å². The summed E-state index contributed by atoms with van der Waals surface area (Å²) in [4.78, 5) is 10.8. The second kappa shape index (κ2) is 4.26. The summed E-state index contributed by atoms with van der Waals surface area (Å²) in [7, 11) is 0. The highest BCUT2D eigenvalue weighted by Crippen LogP contribution is 2.43. The van der Waals surface area contributed by atoms with Crippen LogP contribution in [0.4, 0.5) is 0 Å². The Labute approximate surface area is 102 Å². The van der Waals surface area contributed by atoms with Gasteiger partial charge >= 0.3 is 0 Å². The molecule has 3 rings (SSSR count). The highest BCUT2D eigenvalue weighted by Gasteiger charge is 2.39. The third kappa shape index (κ3) is 2.42. The van der Waals surface area contributed by atoms with Gasteiger partial charge in [0.25, 0.3) is 0 Å². The fourth-order valence-electron chi connectivity index (χ4n) is 2.54. The molecule has 2 aliphatic carbocycles. The normalized spacial score (nSPS) is 26.9. The van der Waals surface area contributed by atoms with Crippen LogP contribution < -0.4 is 5.32 Å². The van der Waals surface area contributed by atoms with Crippen LogP contribution in [0, 0.1) is 12.8 Å². The van der Waals surface area contributed by atoms with Gasteiger partial charge in [0.15, 0.2) is 0 Å². The molecule has 0 aromatic heterocycles. The van der Waals surface area contributed by atoms with E-state index >= 15 is 0 Å². The maximum atomic E-state index is 10.8. The lowest BCUT2D eigenvalue weighted by molar-refractivity contribution is 0.112. The van der Waals surface area contributed by atoms with E-state index in [-0.39, 0.29) is 0 Å². The van der Waals surface area contributed by atoms with Crippen molar-refractivity contribution < 1.29 is 4.79 Å². The first kappa shape index (κ1) is 11.0. The molecule has 2 aliphatic rings. The highest BCUT2D eigenvalue weighted by molar-refractivity contribution is 5.75. The number of hydrogen-bond donors (Lipinski definition) is 1. The number of hydrogen-bond acceptors (Lipinski definition) is 2. The molecule has 0 spiro atoms. The Kier molecular flexibility index (Phi) is 2.75. The average Bonchev–Trinajstić information content (AvgIpc) is 3.22. The van der Waals surface area contributed by atoms with Crippen LogP contribution in [0.5, 0.6) is 0 Å². The Bertz CT molecular complexity index is 437. The van der Waals surface area contributed by atoms with Gasteiger partial charge in [0, 0.05) is 17.5 Å². The molecule has 2 fully saturated rings. The highest BCUT2D eigenvalue weighted by atomic mass is 16.1. The van der Waals surface area contributed by atoms with Crippen molar-refractivity contribution in [3.8, 4) is 0 Å². The second-order valence-electron chi connectivity index (χ2n) is 5.53. The van der Waals surface area contributed by atoms with Gasteiger partial charge in [-0.1, -0.05) is 12.1 Å². The van der Waals surface area contributed by atoms with Crippen molar-refractivity contribution in [2.24, 2.45) is 5.92 Å². The molecular formula is C15H19NO. The van der Waals surface area contributed by atoms with Gasteiger partial charge in [-0.2, -0.15) is 0 Å². The van der Waals surface area contributed by atoms with Crippen molar-refractivity contribution in [2.75, 3.05) is 6.54 Å². The molecule has 1 N–H and O–H groups in total. The molecule has 0 amide bonds. The van der Waals surface area contributed by atoms with Gasteiger partial charge in [0.1, 0.15) is 6.29 Å². The minimum absolute atomic E-state index is 0.633. The summed E-state index contributed by atoms with van der Waals surface area (Å²) < 4.78 is 0. The lowest BCUT2D eigenvalue weighted by atomic mass is 10.0. The minimum Gasteiger partial charge on any atom is -0.313 e. The summed E-state index contributed by atoms with van der Waals surface area (Å²) in [5.74, 6) is 1.58. The third-order valence-electron chi connectivity index (χ3n) is 3.99. The van der Waals surface area contributed by atoms with Gasteiger partial charge < -0.3 is 5.32 Å². The van der Waals surface area contributed by atoms with Crippen LogP contribution >= 0.6 is 0 Å². The number of carbonyl (C=O) groups excluding carboxylic acids is 1. The van der Waals surface area contributed by atoms with Gasteiger partial charge in [-0.3, -0.25) is 4.79 Å². The van der Waals surface area contributed by atoms with Crippen LogP contribution in [-0.4, -0.2) is 18.9 Å². The summed E-state index contributed by atoms with van der Waals surface area (Å²) in [6, 6.07) is 6.68. The Morgan fingerprint density at radius 3 is 2.94 bits per heavy atom. The first-order valence-corrected chi connectivity index (χ1v) is 6.57. The number of nitrogens with one attached hydrogen (secondary N) is 1. The van der Waals surface area contributed by atoms with Crippen molar-refractivity contribution in [3.63, 3.8) is 0 Å². The monoisotopic (exact) mass is 229 g/mol. The maximum absolute atomic E-state index is 10.8. The number of aldehydes is 1. The molecule has 0 radical (unpaired) electrons. The van der Waals surface area contributed by atoms with Gasteiger partial charge in [0.2, 0.25) is 0 Å². The summed E-state index contributed by atoms with van der Waals surface area (Å²) in [6.07, 6.45) is 4.99. The molecule has 2 nitrogen and oxygen atoms in total. The lowest BCUT2D eigenvalue weighted by Crippen LogP contribution is -2.20. The van der Waals surface area contributed by atoms with Crippen molar-refractivity contribution in [1.29, 1.82) is 0 Å². The van der Waals surface area contributed by atoms with E-state index in [2.05, 4.69) is 24.4 Å². The SMILES string of the molecule is Cc1ccc(C=O)cc1C1CC1NCC1CC1. The molecule has 2 heteroatoms. The Morgan fingerprint density at radius 2 is 2.24 bits per heavy atom. The molecule has 2 atom stereocenters.